The average molecular weight is 369 g/mol. The molecule has 2 aromatic carbocycles. The quantitative estimate of drug-likeness (QED) is 0.648. The SMILES string of the molecule is C[C@H](CCc1ccccc1)NC(=S)Nc1ccc(OC2CCCC2)cc1. The summed E-state index contributed by atoms with van der Waals surface area (Å²) in [6.07, 6.45) is 7.40. The maximum atomic E-state index is 6.00. The van der Waals surface area contributed by atoms with Crippen LogP contribution in [0.5, 0.6) is 5.75 Å². The molecule has 4 heteroatoms. The molecule has 1 saturated carbocycles. The molecule has 0 bridgehead atoms. The fourth-order valence-corrected chi connectivity index (χ4v) is 3.63. The first-order valence-corrected chi connectivity index (χ1v) is 9.98. The number of thiocarbonyl (C=S) groups is 1. The van der Waals surface area contributed by atoms with Gasteiger partial charge in [-0.1, -0.05) is 30.3 Å². The fraction of sp³-hybridized carbons (Fsp3) is 0.409. The van der Waals surface area contributed by atoms with Crippen LogP contribution in [-0.4, -0.2) is 17.3 Å². The molecule has 138 valence electrons. The van der Waals surface area contributed by atoms with Gasteiger partial charge in [0.2, 0.25) is 0 Å². The van der Waals surface area contributed by atoms with Gasteiger partial charge in [-0.15, -0.1) is 0 Å². The minimum atomic E-state index is 0.320. The Labute approximate surface area is 162 Å². The molecule has 0 aromatic heterocycles. The van der Waals surface area contributed by atoms with Gasteiger partial charge in [0.1, 0.15) is 5.75 Å². The molecule has 2 aromatic rings. The van der Waals surface area contributed by atoms with Crippen molar-refractivity contribution in [2.75, 3.05) is 5.32 Å². The van der Waals surface area contributed by atoms with E-state index < -0.39 is 0 Å². The molecule has 0 radical (unpaired) electrons. The zero-order chi connectivity index (χ0) is 18.2. The Morgan fingerprint density at radius 2 is 1.77 bits per heavy atom. The van der Waals surface area contributed by atoms with Crippen LogP contribution in [0.15, 0.2) is 54.6 Å². The summed E-state index contributed by atoms with van der Waals surface area (Å²) in [5.41, 5.74) is 2.34. The number of aryl methyl sites for hydroxylation is 1. The highest BCUT2D eigenvalue weighted by Gasteiger charge is 2.16. The molecule has 0 aliphatic heterocycles. The lowest BCUT2D eigenvalue weighted by molar-refractivity contribution is 0.210. The standard InChI is InChI=1S/C22H28N2OS/c1-17(11-12-18-7-3-2-4-8-18)23-22(26)24-19-13-15-21(16-14-19)25-20-9-5-6-10-20/h2-4,7-8,13-17,20H,5-6,9-12H2,1H3,(H2,23,24,26)/t17-/m1/s1. The predicted octanol–water partition coefficient (Wildman–Crippen LogP) is 5.32. The second kappa shape index (κ2) is 9.58. The zero-order valence-corrected chi connectivity index (χ0v) is 16.2. The van der Waals surface area contributed by atoms with E-state index in [-0.39, 0.29) is 0 Å². The van der Waals surface area contributed by atoms with Crippen molar-refractivity contribution in [3.05, 3.63) is 60.2 Å². The summed E-state index contributed by atoms with van der Waals surface area (Å²) in [6.45, 7) is 2.16. The Morgan fingerprint density at radius 3 is 2.46 bits per heavy atom. The third kappa shape index (κ3) is 6.03. The molecular weight excluding hydrogens is 340 g/mol. The first kappa shape index (κ1) is 18.7. The molecule has 0 spiro atoms. The smallest absolute Gasteiger partial charge is 0.170 e. The summed E-state index contributed by atoms with van der Waals surface area (Å²) < 4.78 is 6.00. The highest BCUT2D eigenvalue weighted by atomic mass is 32.1. The lowest BCUT2D eigenvalue weighted by Gasteiger charge is -2.17. The Kier molecular flexibility index (Phi) is 6.89. The first-order chi connectivity index (χ1) is 12.7. The zero-order valence-electron chi connectivity index (χ0n) is 15.4. The van der Waals surface area contributed by atoms with Crippen LogP contribution < -0.4 is 15.4 Å². The summed E-state index contributed by atoms with van der Waals surface area (Å²) in [5, 5.41) is 7.28. The van der Waals surface area contributed by atoms with Crippen LogP contribution in [-0.2, 0) is 6.42 Å². The van der Waals surface area contributed by atoms with Gasteiger partial charge in [0.15, 0.2) is 5.11 Å². The number of hydrogen-bond donors (Lipinski definition) is 2. The maximum Gasteiger partial charge on any atom is 0.170 e. The van der Waals surface area contributed by atoms with E-state index in [0.717, 1.165) is 24.3 Å². The van der Waals surface area contributed by atoms with Gasteiger partial charge in [0.25, 0.3) is 0 Å². The monoisotopic (exact) mass is 368 g/mol. The second-order valence-corrected chi connectivity index (χ2v) is 7.48. The molecule has 1 aliphatic rings. The van der Waals surface area contributed by atoms with Gasteiger partial charge in [0.05, 0.1) is 6.10 Å². The Morgan fingerprint density at radius 1 is 1.08 bits per heavy atom. The Bertz CT molecular complexity index is 681. The molecular formula is C22H28N2OS. The third-order valence-corrected chi connectivity index (χ3v) is 5.02. The van der Waals surface area contributed by atoms with Crippen molar-refractivity contribution in [2.45, 2.75) is 57.6 Å². The van der Waals surface area contributed by atoms with E-state index in [1.165, 1.54) is 31.2 Å². The van der Waals surface area contributed by atoms with E-state index in [1.807, 2.05) is 30.3 Å². The summed E-state index contributed by atoms with van der Waals surface area (Å²) in [6, 6.07) is 18.9. The molecule has 3 rings (SSSR count). The van der Waals surface area contributed by atoms with Gasteiger partial charge in [-0.25, -0.2) is 0 Å². The molecule has 2 N–H and O–H groups in total. The topological polar surface area (TPSA) is 33.3 Å². The van der Waals surface area contributed by atoms with Gasteiger partial charge >= 0.3 is 0 Å². The molecule has 1 fully saturated rings. The molecule has 0 amide bonds. The Hall–Kier alpha value is -2.07. The molecule has 0 saturated heterocycles. The van der Waals surface area contributed by atoms with E-state index in [4.69, 9.17) is 17.0 Å². The van der Waals surface area contributed by atoms with Crippen LogP contribution in [0.3, 0.4) is 0 Å². The van der Waals surface area contributed by atoms with E-state index >= 15 is 0 Å². The van der Waals surface area contributed by atoms with Crippen LogP contribution in [0.4, 0.5) is 5.69 Å². The number of rotatable bonds is 7. The number of hydrogen-bond acceptors (Lipinski definition) is 2. The largest absolute Gasteiger partial charge is 0.490 e. The van der Waals surface area contributed by atoms with Gasteiger partial charge in [-0.05, 0) is 87.5 Å². The van der Waals surface area contributed by atoms with Gasteiger partial charge in [0, 0.05) is 11.7 Å². The molecule has 1 atom stereocenters. The van der Waals surface area contributed by atoms with Crippen LogP contribution in [0.1, 0.15) is 44.6 Å². The van der Waals surface area contributed by atoms with Crippen LogP contribution in [0, 0.1) is 0 Å². The van der Waals surface area contributed by atoms with Crippen molar-refractivity contribution in [3.8, 4) is 5.75 Å². The minimum Gasteiger partial charge on any atom is -0.490 e. The summed E-state index contributed by atoms with van der Waals surface area (Å²) >= 11 is 5.44. The van der Waals surface area contributed by atoms with Crippen molar-refractivity contribution in [1.29, 1.82) is 0 Å². The lowest BCUT2D eigenvalue weighted by atomic mass is 10.1. The Balaban J connectivity index is 1.40. The summed E-state index contributed by atoms with van der Waals surface area (Å²) in [4.78, 5) is 0. The molecule has 1 aliphatic carbocycles. The van der Waals surface area contributed by atoms with Gasteiger partial charge in [-0.3, -0.25) is 0 Å². The van der Waals surface area contributed by atoms with Crippen LogP contribution in [0.25, 0.3) is 0 Å². The summed E-state index contributed by atoms with van der Waals surface area (Å²) in [7, 11) is 0. The summed E-state index contributed by atoms with van der Waals surface area (Å²) in [5.74, 6) is 0.942. The molecule has 0 heterocycles. The number of benzene rings is 2. The van der Waals surface area contributed by atoms with E-state index in [1.54, 1.807) is 0 Å². The van der Waals surface area contributed by atoms with E-state index in [9.17, 15) is 0 Å². The number of anilines is 1. The van der Waals surface area contributed by atoms with Crippen molar-refractivity contribution in [1.82, 2.24) is 5.32 Å². The number of ether oxygens (including phenoxy) is 1. The maximum absolute atomic E-state index is 6.00. The average Bonchev–Trinajstić information content (AvgIpc) is 3.15. The van der Waals surface area contributed by atoms with E-state index in [0.29, 0.717) is 17.3 Å². The number of nitrogens with one attached hydrogen (secondary N) is 2. The minimum absolute atomic E-state index is 0.320. The van der Waals surface area contributed by atoms with Crippen molar-refractivity contribution in [3.63, 3.8) is 0 Å². The van der Waals surface area contributed by atoms with Gasteiger partial charge < -0.3 is 15.4 Å². The normalized spacial score (nSPS) is 15.4. The highest BCUT2D eigenvalue weighted by Crippen LogP contribution is 2.25. The van der Waals surface area contributed by atoms with Crippen molar-refractivity contribution < 1.29 is 4.74 Å². The lowest BCUT2D eigenvalue weighted by Crippen LogP contribution is -2.36. The molecule has 26 heavy (non-hydrogen) atoms. The first-order valence-electron chi connectivity index (χ1n) is 9.57. The van der Waals surface area contributed by atoms with Gasteiger partial charge in [-0.2, -0.15) is 0 Å². The fourth-order valence-electron chi connectivity index (χ4n) is 3.31. The molecule has 3 nitrogen and oxygen atoms in total. The predicted molar refractivity (Wildman–Crippen MR) is 113 cm³/mol. The van der Waals surface area contributed by atoms with Crippen molar-refractivity contribution >= 4 is 23.0 Å². The van der Waals surface area contributed by atoms with Crippen molar-refractivity contribution in [2.24, 2.45) is 0 Å². The third-order valence-electron chi connectivity index (χ3n) is 4.80. The highest BCUT2D eigenvalue weighted by molar-refractivity contribution is 7.80. The second-order valence-electron chi connectivity index (χ2n) is 7.07. The van der Waals surface area contributed by atoms with Crippen LogP contribution in [0.2, 0.25) is 0 Å². The molecule has 0 unspecified atom stereocenters. The van der Waals surface area contributed by atoms with Crippen LogP contribution >= 0.6 is 12.2 Å². The van der Waals surface area contributed by atoms with E-state index in [2.05, 4.69) is 41.8 Å².